The van der Waals surface area contributed by atoms with Gasteiger partial charge < -0.3 is 8.83 Å². The summed E-state index contributed by atoms with van der Waals surface area (Å²) in [6.07, 6.45) is 3.64. The molecule has 0 saturated heterocycles. The van der Waals surface area contributed by atoms with E-state index >= 15 is 0 Å². The maximum Gasteiger partial charge on any atom is 0.114 e. The molecule has 0 aliphatic carbocycles. The lowest BCUT2D eigenvalue weighted by Crippen LogP contribution is -2.20. The zero-order chi connectivity index (χ0) is 16.3. The van der Waals surface area contributed by atoms with Crippen LogP contribution >= 0.6 is 7.92 Å². The van der Waals surface area contributed by atoms with Crippen LogP contribution in [0.1, 0.15) is 56.2 Å². The Bertz CT molecular complexity index is 554. The van der Waals surface area contributed by atoms with E-state index in [1.807, 2.05) is 26.0 Å². The van der Waals surface area contributed by atoms with Crippen molar-refractivity contribution < 1.29 is 8.83 Å². The highest BCUT2D eigenvalue weighted by atomic mass is 31.1. The van der Waals surface area contributed by atoms with Crippen LogP contribution in [-0.2, 0) is 0 Å². The predicted octanol–water partition coefficient (Wildman–Crippen LogP) is 6.17. The SMILES string of the molecule is CCP(C)CC(C)(C)CC(c1ccc(C)o1)c1ccc(C)o1. The first-order chi connectivity index (χ1) is 10.3. The Balaban J connectivity index is 2.25. The largest absolute Gasteiger partial charge is 0.466 e. The van der Waals surface area contributed by atoms with Crippen molar-refractivity contribution >= 4 is 7.92 Å². The van der Waals surface area contributed by atoms with E-state index in [1.54, 1.807) is 0 Å². The van der Waals surface area contributed by atoms with Crippen molar-refractivity contribution in [3.63, 3.8) is 0 Å². The summed E-state index contributed by atoms with van der Waals surface area (Å²) in [7, 11) is 0.114. The van der Waals surface area contributed by atoms with Gasteiger partial charge in [-0.2, -0.15) is 0 Å². The van der Waals surface area contributed by atoms with Gasteiger partial charge in [0.15, 0.2) is 0 Å². The van der Waals surface area contributed by atoms with E-state index in [-0.39, 0.29) is 19.3 Å². The second-order valence-electron chi connectivity index (χ2n) is 7.15. The van der Waals surface area contributed by atoms with E-state index in [0.29, 0.717) is 0 Å². The third-order valence-corrected chi connectivity index (χ3v) is 6.68. The van der Waals surface area contributed by atoms with Crippen molar-refractivity contribution in [3.8, 4) is 0 Å². The van der Waals surface area contributed by atoms with Crippen LogP contribution in [0.5, 0.6) is 0 Å². The minimum absolute atomic E-state index is 0.114. The molecule has 2 rings (SSSR count). The molecule has 3 heteroatoms. The fraction of sp³-hybridized carbons (Fsp3) is 0.579. The van der Waals surface area contributed by atoms with E-state index in [4.69, 9.17) is 8.83 Å². The molecule has 2 aromatic rings. The number of hydrogen-bond acceptors (Lipinski definition) is 2. The van der Waals surface area contributed by atoms with Crippen LogP contribution in [0.4, 0.5) is 0 Å². The maximum absolute atomic E-state index is 5.93. The van der Waals surface area contributed by atoms with Gasteiger partial charge in [-0.3, -0.25) is 0 Å². The molecule has 1 unspecified atom stereocenters. The van der Waals surface area contributed by atoms with Crippen molar-refractivity contribution in [1.29, 1.82) is 0 Å². The number of rotatable bonds is 7. The summed E-state index contributed by atoms with van der Waals surface area (Å²) in [6.45, 7) is 13.5. The van der Waals surface area contributed by atoms with E-state index in [9.17, 15) is 0 Å². The molecule has 122 valence electrons. The average molecular weight is 320 g/mol. The van der Waals surface area contributed by atoms with Gasteiger partial charge in [0.05, 0.1) is 5.92 Å². The third kappa shape index (κ3) is 4.49. The molecule has 1 atom stereocenters. The third-order valence-electron chi connectivity index (χ3n) is 4.20. The maximum atomic E-state index is 5.93. The predicted molar refractivity (Wildman–Crippen MR) is 95.4 cm³/mol. The first-order valence-corrected chi connectivity index (χ1v) is 10.3. The average Bonchev–Trinajstić information content (AvgIpc) is 3.04. The molecular formula is C19H29O2P. The highest BCUT2D eigenvalue weighted by Crippen LogP contribution is 2.44. The van der Waals surface area contributed by atoms with E-state index < -0.39 is 0 Å². The van der Waals surface area contributed by atoms with E-state index in [1.165, 1.54) is 12.3 Å². The minimum atomic E-state index is 0.114. The molecule has 2 aromatic heterocycles. The Hall–Kier alpha value is -1.01. The minimum Gasteiger partial charge on any atom is -0.466 e. The molecule has 0 bridgehead atoms. The van der Waals surface area contributed by atoms with Crippen LogP contribution < -0.4 is 0 Å². The standard InChI is InChI=1S/C19H29O2P/c1-7-22(6)13-19(4,5)12-16(17-10-8-14(2)20-17)18-11-9-15(3)21-18/h8-11,16H,7,12-13H2,1-6H3. The molecule has 0 aliphatic heterocycles. The molecular weight excluding hydrogens is 291 g/mol. The summed E-state index contributed by atoms with van der Waals surface area (Å²) in [5, 5.41) is 0. The summed E-state index contributed by atoms with van der Waals surface area (Å²) in [6, 6.07) is 8.29. The lowest BCUT2D eigenvalue weighted by molar-refractivity contribution is 0.309. The molecule has 0 amide bonds. The summed E-state index contributed by atoms with van der Waals surface area (Å²) >= 11 is 0. The van der Waals surface area contributed by atoms with Gasteiger partial charge in [-0.25, -0.2) is 0 Å². The monoisotopic (exact) mass is 320 g/mol. The van der Waals surface area contributed by atoms with Crippen LogP contribution in [0, 0.1) is 19.3 Å². The Labute approximate surface area is 136 Å². The van der Waals surface area contributed by atoms with Crippen LogP contribution in [0.25, 0.3) is 0 Å². The van der Waals surface area contributed by atoms with Crippen LogP contribution in [0.2, 0.25) is 0 Å². The van der Waals surface area contributed by atoms with Gasteiger partial charge in [0.1, 0.15) is 23.0 Å². The van der Waals surface area contributed by atoms with Gasteiger partial charge in [-0.15, -0.1) is 7.92 Å². The van der Waals surface area contributed by atoms with Gasteiger partial charge >= 0.3 is 0 Å². The fourth-order valence-corrected chi connectivity index (χ4v) is 4.90. The van der Waals surface area contributed by atoms with Gasteiger partial charge in [-0.05, 0) is 68.9 Å². The Morgan fingerprint density at radius 2 is 1.50 bits per heavy atom. The normalized spacial score (nSPS) is 13.8. The molecule has 0 fully saturated rings. The Morgan fingerprint density at radius 3 is 1.86 bits per heavy atom. The number of hydrogen-bond donors (Lipinski definition) is 0. The summed E-state index contributed by atoms with van der Waals surface area (Å²) in [5.41, 5.74) is 0.280. The van der Waals surface area contributed by atoms with Crippen molar-refractivity contribution in [3.05, 3.63) is 47.3 Å². The molecule has 2 nitrogen and oxygen atoms in total. The lowest BCUT2D eigenvalue weighted by Gasteiger charge is -2.31. The fourth-order valence-electron chi connectivity index (χ4n) is 3.08. The summed E-state index contributed by atoms with van der Waals surface area (Å²) in [4.78, 5) is 0. The van der Waals surface area contributed by atoms with Crippen molar-refractivity contribution in [2.24, 2.45) is 5.41 Å². The lowest BCUT2D eigenvalue weighted by atomic mass is 9.82. The zero-order valence-electron chi connectivity index (χ0n) is 14.8. The zero-order valence-corrected chi connectivity index (χ0v) is 15.7. The van der Waals surface area contributed by atoms with Gasteiger partial charge in [-0.1, -0.05) is 20.8 Å². The van der Waals surface area contributed by atoms with Crippen LogP contribution in [-0.4, -0.2) is 19.0 Å². The molecule has 0 saturated carbocycles. The number of furan rings is 2. The molecule has 22 heavy (non-hydrogen) atoms. The van der Waals surface area contributed by atoms with Crippen LogP contribution in [0.15, 0.2) is 33.1 Å². The van der Waals surface area contributed by atoms with Crippen molar-refractivity contribution in [1.82, 2.24) is 0 Å². The molecule has 0 N–H and O–H groups in total. The van der Waals surface area contributed by atoms with Gasteiger partial charge in [0.25, 0.3) is 0 Å². The van der Waals surface area contributed by atoms with E-state index in [2.05, 4.69) is 39.6 Å². The first kappa shape index (κ1) is 17.3. The smallest absolute Gasteiger partial charge is 0.114 e. The highest BCUT2D eigenvalue weighted by Gasteiger charge is 2.30. The van der Waals surface area contributed by atoms with Crippen molar-refractivity contribution in [2.45, 2.75) is 47.0 Å². The second-order valence-corrected chi connectivity index (χ2v) is 9.81. The molecule has 2 heterocycles. The Morgan fingerprint density at radius 1 is 1.00 bits per heavy atom. The Kier molecular flexibility index (Phi) is 5.55. The summed E-state index contributed by atoms with van der Waals surface area (Å²) < 4.78 is 11.9. The second kappa shape index (κ2) is 7.04. The number of aryl methyl sites for hydroxylation is 2. The molecule has 0 spiro atoms. The topological polar surface area (TPSA) is 26.3 Å². The van der Waals surface area contributed by atoms with Gasteiger partial charge in [0.2, 0.25) is 0 Å². The molecule has 0 aliphatic rings. The van der Waals surface area contributed by atoms with Gasteiger partial charge in [0, 0.05) is 0 Å². The first-order valence-electron chi connectivity index (χ1n) is 8.12. The van der Waals surface area contributed by atoms with E-state index in [0.717, 1.165) is 29.5 Å². The highest BCUT2D eigenvalue weighted by molar-refractivity contribution is 7.56. The van der Waals surface area contributed by atoms with Crippen molar-refractivity contribution in [2.75, 3.05) is 19.0 Å². The summed E-state index contributed by atoms with van der Waals surface area (Å²) in [5.74, 6) is 4.19. The molecule has 0 radical (unpaired) electrons. The van der Waals surface area contributed by atoms with Crippen LogP contribution in [0.3, 0.4) is 0 Å². The quantitative estimate of drug-likeness (QED) is 0.570. The molecule has 0 aromatic carbocycles.